The summed E-state index contributed by atoms with van der Waals surface area (Å²) in [6.07, 6.45) is 4.75. The molecule has 162 valence electrons. The molecule has 2 aromatic rings. The maximum atomic E-state index is 12.9. The average Bonchev–Trinajstić information content (AvgIpc) is 2.77. The van der Waals surface area contributed by atoms with Crippen molar-refractivity contribution in [2.75, 3.05) is 37.5 Å². The molecule has 0 bridgehead atoms. The maximum absolute atomic E-state index is 12.9. The Hall–Kier alpha value is -2.38. The first-order valence-electron chi connectivity index (χ1n) is 10.5. The zero-order valence-electron chi connectivity index (χ0n) is 17.8. The van der Waals surface area contributed by atoms with E-state index >= 15 is 0 Å². The molecule has 0 atom stereocenters. The smallest absolute Gasteiger partial charge is 0.264 e. The van der Waals surface area contributed by atoms with Gasteiger partial charge in [0.2, 0.25) is 0 Å². The van der Waals surface area contributed by atoms with Gasteiger partial charge in [-0.1, -0.05) is 30.7 Å². The van der Waals surface area contributed by atoms with E-state index in [1.165, 1.54) is 30.6 Å². The van der Waals surface area contributed by atoms with Crippen LogP contribution < -0.4 is 9.62 Å². The summed E-state index contributed by atoms with van der Waals surface area (Å²) in [4.78, 5) is 15.3. The monoisotopic (exact) mass is 429 g/mol. The van der Waals surface area contributed by atoms with Crippen LogP contribution in [0, 0.1) is 6.92 Å². The first kappa shape index (κ1) is 22.3. The van der Waals surface area contributed by atoms with Crippen molar-refractivity contribution in [3.63, 3.8) is 0 Å². The van der Waals surface area contributed by atoms with Crippen LogP contribution in [0.4, 0.5) is 5.69 Å². The minimum atomic E-state index is -3.69. The van der Waals surface area contributed by atoms with Crippen molar-refractivity contribution < 1.29 is 13.2 Å². The highest BCUT2D eigenvalue weighted by Crippen LogP contribution is 2.26. The normalized spacial score (nSPS) is 15.0. The molecule has 1 N–H and O–H groups in total. The second kappa shape index (κ2) is 10.1. The second-order valence-electron chi connectivity index (χ2n) is 7.80. The molecule has 1 aliphatic heterocycles. The van der Waals surface area contributed by atoms with Gasteiger partial charge in [-0.15, -0.1) is 0 Å². The highest BCUT2D eigenvalue weighted by atomic mass is 32.2. The average molecular weight is 430 g/mol. The molecule has 1 saturated heterocycles. The highest BCUT2D eigenvalue weighted by molar-refractivity contribution is 7.92. The first-order valence-corrected chi connectivity index (χ1v) is 12.0. The van der Waals surface area contributed by atoms with Gasteiger partial charge in [-0.25, -0.2) is 8.42 Å². The molecule has 1 heterocycles. The van der Waals surface area contributed by atoms with Crippen LogP contribution in [0.1, 0.15) is 41.6 Å². The number of nitrogens with one attached hydrogen (secondary N) is 1. The summed E-state index contributed by atoms with van der Waals surface area (Å²) < 4.78 is 27.1. The van der Waals surface area contributed by atoms with Crippen LogP contribution >= 0.6 is 0 Å². The second-order valence-corrected chi connectivity index (χ2v) is 9.77. The molecule has 0 aromatic heterocycles. The van der Waals surface area contributed by atoms with Crippen LogP contribution in [-0.2, 0) is 10.0 Å². The molecule has 7 heteroatoms. The predicted molar refractivity (Wildman–Crippen MR) is 120 cm³/mol. The van der Waals surface area contributed by atoms with Gasteiger partial charge in [0.15, 0.2) is 0 Å². The Bertz CT molecular complexity index is 955. The Morgan fingerprint density at radius 1 is 1.07 bits per heavy atom. The van der Waals surface area contributed by atoms with Gasteiger partial charge in [0, 0.05) is 19.2 Å². The van der Waals surface area contributed by atoms with E-state index in [2.05, 4.69) is 10.2 Å². The number of anilines is 1. The van der Waals surface area contributed by atoms with Gasteiger partial charge in [-0.3, -0.25) is 9.10 Å². The van der Waals surface area contributed by atoms with Crippen molar-refractivity contribution in [2.24, 2.45) is 0 Å². The van der Waals surface area contributed by atoms with E-state index in [0.717, 1.165) is 31.6 Å². The highest BCUT2D eigenvalue weighted by Gasteiger charge is 2.23. The Labute approximate surface area is 179 Å². The van der Waals surface area contributed by atoms with Crippen molar-refractivity contribution in [3.8, 4) is 0 Å². The van der Waals surface area contributed by atoms with Gasteiger partial charge in [0.05, 0.1) is 10.6 Å². The summed E-state index contributed by atoms with van der Waals surface area (Å²) in [7, 11) is -2.18. The van der Waals surface area contributed by atoms with Crippen LogP contribution in [0.15, 0.2) is 53.4 Å². The number of rotatable bonds is 8. The van der Waals surface area contributed by atoms with E-state index in [-0.39, 0.29) is 10.8 Å². The van der Waals surface area contributed by atoms with E-state index in [0.29, 0.717) is 17.8 Å². The molecule has 3 rings (SSSR count). The Morgan fingerprint density at radius 2 is 1.77 bits per heavy atom. The fraction of sp³-hybridized carbons (Fsp3) is 0.435. The topological polar surface area (TPSA) is 69.7 Å². The molecule has 0 radical (unpaired) electrons. The number of benzene rings is 2. The van der Waals surface area contributed by atoms with Gasteiger partial charge in [-0.05, 0) is 75.6 Å². The minimum Gasteiger partial charge on any atom is -0.352 e. The lowest BCUT2D eigenvalue weighted by Gasteiger charge is -2.26. The molecule has 6 nitrogen and oxygen atoms in total. The van der Waals surface area contributed by atoms with Crippen LogP contribution in [0.25, 0.3) is 0 Å². The lowest BCUT2D eigenvalue weighted by Crippen LogP contribution is -2.33. The van der Waals surface area contributed by atoms with Crippen LogP contribution in [0.3, 0.4) is 0 Å². The molecule has 0 saturated carbocycles. The molecule has 1 fully saturated rings. The Kier molecular flexibility index (Phi) is 7.50. The summed E-state index contributed by atoms with van der Waals surface area (Å²) in [6, 6.07) is 13.5. The van der Waals surface area contributed by atoms with Gasteiger partial charge in [0.1, 0.15) is 0 Å². The lowest BCUT2D eigenvalue weighted by atomic mass is 10.1. The van der Waals surface area contributed by atoms with Crippen molar-refractivity contribution >= 4 is 21.6 Å². The Balaban J connectivity index is 1.64. The number of likely N-dealkylation sites (tertiary alicyclic amines) is 1. The van der Waals surface area contributed by atoms with E-state index in [4.69, 9.17) is 0 Å². The molecular formula is C23H31N3O3S. The molecule has 1 amide bonds. The van der Waals surface area contributed by atoms with E-state index in [1.54, 1.807) is 48.5 Å². The third-order valence-corrected chi connectivity index (χ3v) is 7.38. The number of sulfonamides is 1. The fourth-order valence-corrected chi connectivity index (χ4v) is 5.03. The zero-order chi connectivity index (χ0) is 21.6. The number of carbonyl (C=O) groups excluding carboxylic acids is 1. The van der Waals surface area contributed by atoms with Gasteiger partial charge >= 0.3 is 0 Å². The Morgan fingerprint density at radius 3 is 2.47 bits per heavy atom. The number of aryl methyl sites for hydroxylation is 1. The summed E-state index contributed by atoms with van der Waals surface area (Å²) in [6.45, 7) is 5.75. The maximum Gasteiger partial charge on any atom is 0.264 e. The van der Waals surface area contributed by atoms with Crippen molar-refractivity contribution in [1.29, 1.82) is 0 Å². The van der Waals surface area contributed by atoms with Gasteiger partial charge in [0.25, 0.3) is 15.9 Å². The van der Waals surface area contributed by atoms with E-state index in [1.807, 2.05) is 6.92 Å². The molecule has 30 heavy (non-hydrogen) atoms. The van der Waals surface area contributed by atoms with Crippen molar-refractivity contribution in [2.45, 2.75) is 37.5 Å². The molecule has 1 aliphatic rings. The van der Waals surface area contributed by atoms with Crippen molar-refractivity contribution in [1.82, 2.24) is 10.2 Å². The lowest BCUT2D eigenvalue weighted by molar-refractivity contribution is 0.0951. The van der Waals surface area contributed by atoms with Crippen LogP contribution in [-0.4, -0.2) is 52.5 Å². The number of nitrogens with zero attached hydrogens (tertiary/aromatic N) is 2. The third kappa shape index (κ3) is 5.40. The molecule has 2 aromatic carbocycles. The largest absolute Gasteiger partial charge is 0.352 e. The van der Waals surface area contributed by atoms with Gasteiger partial charge < -0.3 is 10.2 Å². The third-order valence-electron chi connectivity index (χ3n) is 5.60. The molecule has 0 spiro atoms. The van der Waals surface area contributed by atoms with E-state index in [9.17, 15) is 13.2 Å². The fourth-order valence-electron chi connectivity index (χ4n) is 3.76. The molecular weight excluding hydrogens is 398 g/mol. The van der Waals surface area contributed by atoms with E-state index < -0.39 is 10.0 Å². The predicted octanol–water partition coefficient (Wildman–Crippen LogP) is 3.43. The van der Waals surface area contributed by atoms with Crippen LogP contribution in [0.2, 0.25) is 0 Å². The summed E-state index contributed by atoms with van der Waals surface area (Å²) in [5.74, 6) is -0.180. The molecule has 0 aliphatic carbocycles. The summed E-state index contributed by atoms with van der Waals surface area (Å²) >= 11 is 0. The summed E-state index contributed by atoms with van der Waals surface area (Å²) in [5.41, 5.74) is 1.75. The number of hydrogen-bond acceptors (Lipinski definition) is 4. The zero-order valence-corrected chi connectivity index (χ0v) is 18.6. The van der Waals surface area contributed by atoms with Crippen molar-refractivity contribution in [3.05, 3.63) is 59.7 Å². The number of hydrogen-bond donors (Lipinski definition) is 1. The molecule has 0 unspecified atom stereocenters. The SMILES string of the molecule is Cc1ccc(C(=O)NCCCN2CCCCC2)cc1N(C)S(=O)(=O)c1ccccc1. The first-order chi connectivity index (χ1) is 14.4. The van der Waals surface area contributed by atoms with Crippen LogP contribution in [0.5, 0.6) is 0 Å². The number of carbonyl (C=O) groups is 1. The summed E-state index contributed by atoms with van der Waals surface area (Å²) in [5, 5.41) is 2.96. The number of piperidine rings is 1. The standard InChI is InChI=1S/C23H31N3O3S/c1-19-12-13-20(23(27)24-14-9-17-26-15-7-4-8-16-26)18-22(19)25(2)30(28,29)21-10-5-3-6-11-21/h3,5-6,10-13,18H,4,7-9,14-17H2,1-2H3,(H,24,27). The quantitative estimate of drug-likeness (QED) is 0.653. The van der Waals surface area contributed by atoms with Gasteiger partial charge in [-0.2, -0.15) is 0 Å². The minimum absolute atomic E-state index is 0.180. The number of amides is 1.